The van der Waals surface area contributed by atoms with Crippen LogP contribution in [0.1, 0.15) is 31.2 Å². The summed E-state index contributed by atoms with van der Waals surface area (Å²) in [7, 11) is 0.520. The van der Waals surface area contributed by atoms with Crippen LogP contribution in [-0.4, -0.2) is 64.7 Å². The van der Waals surface area contributed by atoms with Crippen LogP contribution in [0.5, 0.6) is 17.4 Å². The van der Waals surface area contributed by atoms with E-state index in [0.29, 0.717) is 40.3 Å². The largest absolute Gasteiger partial charge is 0.494 e. The minimum atomic E-state index is -3.99. The monoisotopic (exact) mass is 539 g/mol. The Kier molecular flexibility index (Phi) is 7.76. The molecule has 0 aliphatic heterocycles. The number of hydrogen-bond acceptors (Lipinski definition) is 10. The van der Waals surface area contributed by atoms with E-state index in [9.17, 15) is 8.42 Å². The lowest BCUT2D eigenvalue weighted by atomic mass is 10.1. The number of hydrogen-bond donors (Lipinski definition) is 1. The van der Waals surface area contributed by atoms with Crippen LogP contribution in [0.2, 0.25) is 0 Å². The number of nitrogens with zero attached hydrogens (tertiary/aromatic N) is 6. The van der Waals surface area contributed by atoms with Gasteiger partial charge in [-0.15, -0.1) is 10.2 Å². The van der Waals surface area contributed by atoms with Crippen molar-refractivity contribution in [2.45, 2.75) is 31.9 Å². The van der Waals surface area contributed by atoms with Crippen molar-refractivity contribution in [1.82, 2.24) is 29.7 Å². The van der Waals surface area contributed by atoms with Crippen molar-refractivity contribution in [1.29, 1.82) is 0 Å². The second-order valence-corrected chi connectivity index (χ2v) is 10.6. The highest BCUT2D eigenvalue weighted by molar-refractivity contribution is 7.93. The lowest BCUT2D eigenvalue weighted by Crippen LogP contribution is -2.31. The lowest BCUT2D eigenvalue weighted by molar-refractivity contribution is 0.391. The highest BCUT2D eigenvalue weighted by Gasteiger charge is 2.32. The molecule has 0 aliphatic rings. The third-order valence-electron chi connectivity index (χ3n) is 6.13. The molecule has 4 rings (SSSR count). The van der Waals surface area contributed by atoms with E-state index in [-0.39, 0.29) is 5.95 Å². The summed E-state index contributed by atoms with van der Waals surface area (Å²) >= 11 is 0. The van der Waals surface area contributed by atoms with E-state index >= 15 is 0 Å². The Bertz CT molecular complexity index is 1500. The standard InChI is InChI=1S/C25H29N7O5S/c1-15-13-27-23(28-14-15)16(2)17(3)38(33,34)31-25-30-29-24(18-10-11-26-21(12-18)37-6)32(25)22-19(35-4)8-7-9-20(22)36-5/h7-14,16-17H,1-6H3,(H,30,31)/t16-,17-/m0/s1. The van der Waals surface area contributed by atoms with Crippen LogP contribution in [0.15, 0.2) is 48.9 Å². The molecule has 0 aliphatic carbocycles. The molecule has 1 N–H and O–H groups in total. The van der Waals surface area contributed by atoms with E-state index in [1.165, 1.54) is 25.9 Å². The summed E-state index contributed by atoms with van der Waals surface area (Å²) in [6, 6.07) is 8.59. The van der Waals surface area contributed by atoms with Gasteiger partial charge in [0.05, 0.1) is 26.6 Å². The molecule has 3 heterocycles. The fourth-order valence-corrected chi connectivity index (χ4v) is 5.03. The van der Waals surface area contributed by atoms with E-state index in [1.807, 2.05) is 6.92 Å². The molecule has 13 heteroatoms. The van der Waals surface area contributed by atoms with Gasteiger partial charge < -0.3 is 14.2 Å². The number of sulfonamides is 1. The van der Waals surface area contributed by atoms with E-state index in [4.69, 9.17) is 14.2 Å². The smallest absolute Gasteiger partial charge is 0.243 e. The van der Waals surface area contributed by atoms with Crippen molar-refractivity contribution >= 4 is 16.0 Å². The predicted octanol–water partition coefficient (Wildman–Crippen LogP) is 3.39. The second kappa shape index (κ2) is 11.0. The minimum Gasteiger partial charge on any atom is -0.494 e. The number of aryl methyl sites for hydroxylation is 1. The average Bonchev–Trinajstić information content (AvgIpc) is 3.34. The third kappa shape index (κ3) is 5.23. The van der Waals surface area contributed by atoms with Crippen molar-refractivity contribution in [3.63, 3.8) is 0 Å². The fraction of sp³-hybridized carbons (Fsp3) is 0.320. The summed E-state index contributed by atoms with van der Waals surface area (Å²) in [4.78, 5) is 12.7. The maximum atomic E-state index is 13.6. The topological polar surface area (TPSA) is 143 Å². The number of methoxy groups -OCH3 is 3. The summed E-state index contributed by atoms with van der Waals surface area (Å²) < 4.78 is 47.8. The Labute approximate surface area is 221 Å². The maximum absolute atomic E-state index is 13.6. The van der Waals surface area contributed by atoms with Crippen LogP contribution in [0.4, 0.5) is 5.95 Å². The Balaban J connectivity index is 1.84. The number of benzene rings is 1. The maximum Gasteiger partial charge on any atom is 0.243 e. The molecule has 0 saturated carbocycles. The zero-order valence-electron chi connectivity index (χ0n) is 21.9. The molecule has 3 aromatic heterocycles. The first-order valence-corrected chi connectivity index (χ1v) is 13.2. The molecule has 4 aromatic rings. The molecule has 12 nitrogen and oxygen atoms in total. The Morgan fingerprint density at radius 1 is 0.921 bits per heavy atom. The molecule has 0 spiro atoms. The fourth-order valence-electron chi connectivity index (χ4n) is 3.80. The van der Waals surface area contributed by atoms with Gasteiger partial charge in [-0.25, -0.2) is 23.4 Å². The number of pyridine rings is 1. The van der Waals surface area contributed by atoms with Gasteiger partial charge in [-0.1, -0.05) is 13.0 Å². The second-order valence-electron chi connectivity index (χ2n) is 8.54. The van der Waals surface area contributed by atoms with Crippen LogP contribution in [0.3, 0.4) is 0 Å². The average molecular weight is 540 g/mol. The van der Waals surface area contributed by atoms with Gasteiger partial charge >= 0.3 is 0 Å². The summed E-state index contributed by atoms with van der Waals surface area (Å²) in [5.41, 5.74) is 1.87. The van der Waals surface area contributed by atoms with Crippen molar-refractivity contribution in [2.24, 2.45) is 0 Å². The number of nitrogens with one attached hydrogen (secondary N) is 1. The molecular formula is C25H29N7O5S. The van der Waals surface area contributed by atoms with Gasteiger partial charge in [-0.3, -0.25) is 9.29 Å². The lowest BCUT2D eigenvalue weighted by Gasteiger charge is -2.21. The molecule has 38 heavy (non-hydrogen) atoms. The number of ether oxygens (including phenoxy) is 3. The quantitative estimate of drug-likeness (QED) is 0.318. The van der Waals surface area contributed by atoms with Gasteiger partial charge in [0.15, 0.2) is 5.82 Å². The Hall–Kier alpha value is -4.26. The van der Waals surface area contributed by atoms with E-state index in [2.05, 4.69) is 29.9 Å². The van der Waals surface area contributed by atoms with Crippen molar-refractivity contribution in [2.75, 3.05) is 26.1 Å². The van der Waals surface area contributed by atoms with Crippen molar-refractivity contribution in [3.05, 3.63) is 60.3 Å². The van der Waals surface area contributed by atoms with Gasteiger partial charge in [0.25, 0.3) is 0 Å². The first-order chi connectivity index (χ1) is 18.2. The van der Waals surface area contributed by atoms with E-state index in [1.54, 1.807) is 62.8 Å². The van der Waals surface area contributed by atoms with Crippen LogP contribution < -0.4 is 18.9 Å². The molecule has 0 unspecified atom stereocenters. The molecule has 0 radical (unpaired) electrons. The number of anilines is 1. The van der Waals surface area contributed by atoms with Crippen LogP contribution in [0.25, 0.3) is 17.1 Å². The Morgan fingerprint density at radius 3 is 2.18 bits per heavy atom. The summed E-state index contributed by atoms with van der Waals surface area (Å²) in [5, 5.41) is 7.61. The van der Waals surface area contributed by atoms with Gasteiger partial charge in [-0.05, 0) is 37.6 Å². The highest BCUT2D eigenvalue weighted by Crippen LogP contribution is 2.38. The van der Waals surface area contributed by atoms with E-state index in [0.717, 1.165) is 5.56 Å². The van der Waals surface area contributed by atoms with Crippen molar-refractivity contribution < 1.29 is 22.6 Å². The predicted molar refractivity (Wildman–Crippen MR) is 141 cm³/mol. The normalized spacial score (nSPS) is 13.0. The van der Waals surface area contributed by atoms with Gasteiger partial charge in [-0.2, -0.15) is 0 Å². The highest BCUT2D eigenvalue weighted by atomic mass is 32.2. The molecule has 0 bridgehead atoms. The van der Waals surface area contributed by atoms with Gasteiger partial charge in [0.1, 0.15) is 23.0 Å². The first-order valence-electron chi connectivity index (χ1n) is 11.7. The summed E-state index contributed by atoms with van der Waals surface area (Å²) in [5.74, 6) is 1.37. The zero-order valence-corrected chi connectivity index (χ0v) is 22.7. The molecule has 200 valence electrons. The van der Waals surface area contributed by atoms with Crippen LogP contribution in [-0.2, 0) is 10.0 Å². The number of rotatable bonds is 10. The van der Waals surface area contributed by atoms with Gasteiger partial charge in [0.2, 0.25) is 21.9 Å². The van der Waals surface area contributed by atoms with Gasteiger partial charge in [0, 0.05) is 36.1 Å². The Morgan fingerprint density at radius 2 is 1.58 bits per heavy atom. The molecule has 0 amide bonds. The SMILES string of the molecule is COc1cc(-c2nnc(NS(=O)(=O)[C@@H](C)[C@H](C)c3ncc(C)cn3)n2-c2c(OC)cccc2OC)ccn1. The molecular weight excluding hydrogens is 510 g/mol. The van der Waals surface area contributed by atoms with Crippen molar-refractivity contribution in [3.8, 4) is 34.5 Å². The summed E-state index contributed by atoms with van der Waals surface area (Å²) in [6.07, 6.45) is 4.87. The summed E-state index contributed by atoms with van der Waals surface area (Å²) in [6.45, 7) is 5.22. The van der Waals surface area contributed by atoms with Crippen LogP contribution in [0, 0.1) is 6.92 Å². The molecule has 0 fully saturated rings. The first kappa shape index (κ1) is 26.8. The minimum absolute atomic E-state index is 0.0533. The number of aromatic nitrogens is 6. The number of para-hydroxylation sites is 1. The molecule has 2 atom stereocenters. The van der Waals surface area contributed by atoms with E-state index < -0.39 is 21.2 Å². The zero-order chi connectivity index (χ0) is 27.4. The third-order valence-corrected chi connectivity index (χ3v) is 7.98. The molecule has 0 saturated heterocycles. The van der Waals surface area contributed by atoms with Crippen LogP contribution >= 0.6 is 0 Å². The molecule has 1 aromatic carbocycles.